The van der Waals surface area contributed by atoms with E-state index >= 15 is 0 Å². The Labute approximate surface area is 156 Å². The van der Waals surface area contributed by atoms with E-state index in [4.69, 9.17) is 15.2 Å². The van der Waals surface area contributed by atoms with Crippen molar-refractivity contribution >= 4 is 5.91 Å². The van der Waals surface area contributed by atoms with Gasteiger partial charge < -0.3 is 19.8 Å². The van der Waals surface area contributed by atoms with Crippen LogP contribution in [0, 0.1) is 19.7 Å². The Hall–Kier alpha value is -3.28. The number of primary amides is 1. The maximum absolute atomic E-state index is 13.7. The number of hydrogen-bond donors (Lipinski definition) is 1. The second kappa shape index (κ2) is 6.46. The zero-order valence-corrected chi connectivity index (χ0v) is 15.1. The van der Waals surface area contributed by atoms with E-state index in [1.54, 1.807) is 12.1 Å². The van der Waals surface area contributed by atoms with Gasteiger partial charge in [-0.2, -0.15) is 0 Å². The molecule has 0 bridgehead atoms. The van der Waals surface area contributed by atoms with Crippen LogP contribution < -0.4 is 15.2 Å². The minimum atomic E-state index is -0.528. The molecule has 0 aliphatic carbocycles. The lowest BCUT2D eigenvalue weighted by Gasteiger charge is -2.11. The molecule has 27 heavy (non-hydrogen) atoms. The molecule has 0 spiro atoms. The van der Waals surface area contributed by atoms with Crippen LogP contribution in [0.4, 0.5) is 4.39 Å². The predicted octanol–water partition coefficient (Wildman–Crippen LogP) is 3.79. The zero-order chi connectivity index (χ0) is 19.1. The summed E-state index contributed by atoms with van der Waals surface area (Å²) < 4.78 is 26.6. The highest BCUT2D eigenvalue weighted by Crippen LogP contribution is 2.35. The fraction of sp³-hybridized carbons (Fsp3) is 0.190. The second-order valence-electron chi connectivity index (χ2n) is 6.57. The zero-order valence-electron chi connectivity index (χ0n) is 15.1. The lowest BCUT2D eigenvalue weighted by atomic mass is 10.00. The molecular weight excluding hydrogens is 347 g/mol. The van der Waals surface area contributed by atoms with E-state index in [0.29, 0.717) is 29.0 Å². The first-order valence-electron chi connectivity index (χ1n) is 8.59. The molecule has 0 unspecified atom stereocenters. The summed E-state index contributed by atoms with van der Waals surface area (Å²) in [5.41, 5.74) is 9.97. The van der Waals surface area contributed by atoms with Crippen LogP contribution in [0.1, 0.15) is 27.3 Å². The van der Waals surface area contributed by atoms with Crippen molar-refractivity contribution in [1.29, 1.82) is 0 Å². The molecule has 0 fully saturated rings. The van der Waals surface area contributed by atoms with Crippen LogP contribution in [0.5, 0.6) is 11.5 Å². The van der Waals surface area contributed by atoms with E-state index in [2.05, 4.69) is 0 Å². The predicted molar refractivity (Wildman–Crippen MR) is 99.5 cm³/mol. The summed E-state index contributed by atoms with van der Waals surface area (Å²) in [4.78, 5) is 12.2. The average molecular weight is 366 g/mol. The molecule has 1 aliphatic heterocycles. The molecule has 138 valence electrons. The Bertz CT molecular complexity index is 1060. The van der Waals surface area contributed by atoms with E-state index in [9.17, 15) is 9.18 Å². The largest absolute Gasteiger partial charge is 0.454 e. The number of rotatable bonds is 4. The average Bonchev–Trinajstić information content (AvgIpc) is 3.19. The van der Waals surface area contributed by atoms with Gasteiger partial charge in [-0.3, -0.25) is 4.79 Å². The molecule has 5 nitrogen and oxygen atoms in total. The van der Waals surface area contributed by atoms with Gasteiger partial charge in [0.1, 0.15) is 5.82 Å². The summed E-state index contributed by atoms with van der Waals surface area (Å²) >= 11 is 0. The lowest BCUT2D eigenvalue weighted by molar-refractivity contribution is 0.1000. The quantitative estimate of drug-likeness (QED) is 0.764. The first-order chi connectivity index (χ1) is 13.0. The summed E-state index contributed by atoms with van der Waals surface area (Å²) in [6, 6.07) is 11.9. The molecule has 2 heterocycles. The van der Waals surface area contributed by atoms with Crippen molar-refractivity contribution in [1.82, 2.24) is 4.57 Å². The number of aromatic nitrogens is 1. The third-order valence-corrected chi connectivity index (χ3v) is 4.92. The fourth-order valence-electron chi connectivity index (χ4n) is 3.64. The molecule has 0 radical (unpaired) electrons. The molecule has 6 heteroatoms. The highest BCUT2D eigenvalue weighted by molar-refractivity contribution is 6.02. The molecule has 2 aromatic carbocycles. The van der Waals surface area contributed by atoms with E-state index in [-0.39, 0.29) is 12.6 Å². The molecule has 0 saturated heterocycles. The summed E-state index contributed by atoms with van der Waals surface area (Å²) in [6.45, 7) is 4.51. The first-order valence-corrected chi connectivity index (χ1v) is 8.59. The number of benzene rings is 2. The van der Waals surface area contributed by atoms with Crippen LogP contribution in [0.2, 0.25) is 0 Å². The van der Waals surface area contributed by atoms with E-state index in [0.717, 1.165) is 22.7 Å². The van der Waals surface area contributed by atoms with Gasteiger partial charge in [0.25, 0.3) is 5.91 Å². The van der Waals surface area contributed by atoms with Crippen LogP contribution in [-0.4, -0.2) is 17.3 Å². The molecule has 0 saturated carbocycles. The van der Waals surface area contributed by atoms with Crippen LogP contribution >= 0.6 is 0 Å². The highest BCUT2D eigenvalue weighted by Gasteiger charge is 2.23. The van der Waals surface area contributed by atoms with Crippen LogP contribution in [0.3, 0.4) is 0 Å². The van der Waals surface area contributed by atoms with Crippen molar-refractivity contribution < 1.29 is 18.7 Å². The number of ether oxygens (including phenoxy) is 2. The van der Waals surface area contributed by atoms with Crippen molar-refractivity contribution in [3.05, 3.63) is 70.8 Å². The molecule has 2 N–H and O–H groups in total. The number of nitrogens with two attached hydrogens (primary N) is 1. The normalized spacial score (nSPS) is 12.4. The van der Waals surface area contributed by atoms with Gasteiger partial charge in [-0.25, -0.2) is 4.39 Å². The minimum absolute atomic E-state index is 0.218. The van der Waals surface area contributed by atoms with Gasteiger partial charge in [-0.1, -0.05) is 18.2 Å². The molecule has 3 aromatic rings. The van der Waals surface area contributed by atoms with Crippen LogP contribution in [0.25, 0.3) is 11.1 Å². The Morgan fingerprint density at radius 2 is 1.89 bits per heavy atom. The fourth-order valence-corrected chi connectivity index (χ4v) is 3.64. The number of amides is 1. The third kappa shape index (κ3) is 2.93. The number of hydrogen-bond acceptors (Lipinski definition) is 3. The molecule has 1 amide bonds. The van der Waals surface area contributed by atoms with Gasteiger partial charge in [-0.15, -0.1) is 0 Å². The van der Waals surface area contributed by atoms with Gasteiger partial charge in [0.05, 0.1) is 5.56 Å². The first kappa shape index (κ1) is 17.1. The van der Waals surface area contributed by atoms with Crippen molar-refractivity contribution in [2.45, 2.75) is 20.4 Å². The maximum atomic E-state index is 13.7. The van der Waals surface area contributed by atoms with Gasteiger partial charge >= 0.3 is 0 Å². The lowest BCUT2D eigenvalue weighted by Crippen LogP contribution is -2.13. The molecule has 1 aliphatic rings. The maximum Gasteiger partial charge on any atom is 0.251 e. The standard InChI is InChI=1S/C21H19FN2O3/c1-12-19(15-4-3-5-16(22)9-15)20(21(23)25)13(2)24(12)10-14-6-7-17-18(8-14)27-11-26-17/h3-9H,10-11H2,1-2H3,(H2,23,25). The third-order valence-electron chi connectivity index (χ3n) is 4.92. The van der Waals surface area contributed by atoms with Crippen molar-refractivity contribution in [3.63, 3.8) is 0 Å². The molecule has 0 atom stereocenters. The Kier molecular flexibility index (Phi) is 4.11. The summed E-state index contributed by atoms with van der Waals surface area (Å²) in [5.74, 6) is 0.538. The topological polar surface area (TPSA) is 66.5 Å². The molecular formula is C21H19FN2O3. The molecule has 1 aromatic heterocycles. The Morgan fingerprint density at radius 3 is 2.63 bits per heavy atom. The Morgan fingerprint density at radius 1 is 1.11 bits per heavy atom. The smallest absolute Gasteiger partial charge is 0.251 e. The van der Waals surface area contributed by atoms with Crippen molar-refractivity contribution in [2.24, 2.45) is 5.73 Å². The van der Waals surface area contributed by atoms with Gasteiger partial charge in [-0.05, 0) is 49.2 Å². The number of nitrogens with zero attached hydrogens (tertiary/aromatic N) is 1. The van der Waals surface area contributed by atoms with Crippen LogP contribution in [-0.2, 0) is 6.54 Å². The van der Waals surface area contributed by atoms with E-state index in [1.807, 2.05) is 36.6 Å². The summed E-state index contributed by atoms with van der Waals surface area (Å²) in [6.07, 6.45) is 0. The number of fused-ring (bicyclic) bond motifs is 1. The summed E-state index contributed by atoms with van der Waals surface area (Å²) in [7, 11) is 0. The van der Waals surface area contributed by atoms with Gasteiger partial charge in [0, 0.05) is 23.5 Å². The number of carbonyl (C=O) groups excluding carboxylic acids is 1. The van der Waals surface area contributed by atoms with Gasteiger partial charge in [0.2, 0.25) is 6.79 Å². The summed E-state index contributed by atoms with van der Waals surface area (Å²) in [5, 5.41) is 0. The number of carbonyl (C=O) groups is 1. The highest BCUT2D eigenvalue weighted by atomic mass is 19.1. The van der Waals surface area contributed by atoms with E-state index < -0.39 is 5.91 Å². The van der Waals surface area contributed by atoms with Crippen molar-refractivity contribution in [2.75, 3.05) is 6.79 Å². The van der Waals surface area contributed by atoms with E-state index in [1.165, 1.54) is 12.1 Å². The second-order valence-corrected chi connectivity index (χ2v) is 6.57. The Balaban J connectivity index is 1.82. The SMILES string of the molecule is Cc1c(C(N)=O)c(-c2cccc(F)c2)c(C)n1Cc1ccc2c(c1)OCO2. The van der Waals surface area contributed by atoms with Crippen LogP contribution in [0.15, 0.2) is 42.5 Å². The molecule has 4 rings (SSSR count). The monoisotopic (exact) mass is 366 g/mol. The minimum Gasteiger partial charge on any atom is -0.454 e. The number of halogens is 1. The van der Waals surface area contributed by atoms with Crippen molar-refractivity contribution in [3.8, 4) is 22.6 Å². The van der Waals surface area contributed by atoms with Gasteiger partial charge in [0.15, 0.2) is 11.5 Å².